The lowest BCUT2D eigenvalue weighted by Crippen LogP contribution is -2.32. The van der Waals surface area contributed by atoms with Crippen molar-refractivity contribution in [3.8, 4) is 5.69 Å². The third-order valence-electron chi connectivity index (χ3n) is 4.73. The molecule has 1 aromatic heterocycles. The van der Waals surface area contributed by atoms with Crippen molar-refractivity contribution in [2.75, 3.05) is 25.1 Å². The number of fused-ring (bicyclic) bond motifs is 1. The Morgan fingerprint density at radius 3 is 2.50 bits per heavy atom. The molecule has 3 aromatic rings. The average Bonchev–Trinajstić information content (AvgIpc) is 2.70. The van der Waals surface area contributed by atoms with E-state index in [0.29, 0.717) is 46.8 Å². The Labute approximate surface area is 162 Å². The standard InChI is InChI=1S/C21H22FN3O3/c1-5-24(6-2)21-23-18-11-14(20(27)28-4)8-10-16(18)19(26)25(21)15-9-7-13(3)17(22)12-15/h7-12H,5-6H2,1-4H3. The van der Waals surface area contributed by atoms with Crippen LogP contribution in [0.1, 0.15) is 29.8 Å². The Hall–Kier alpha value is -3.22. The minimum absolute atomic E-state index is 0.312. The number of halogens is 1. The minimum Gasteiger partial charge on any atom is -0.465 e. The van der Waals surface area contributed by atoms with Crippen LogP contribution in [-0.4, -0.2) is 35.7 Å². The number of nitrogens with zero attached hydrogens (tertiary/aromatic N) is 3. The van der Waals surface area contributed by atoms with Crippen molar-refractivity contribution >= 4 is 22.8 Å². The SMILES string of the molecule is CCN(CC)c1nc2cc(C(=O)OC)ccc2c(=O)n1-c1ccc(C)c(F)c1. The summed E-state index contributed by atoms with van der Waals surface area (Å²) in [5.41, 5.74) is 1.27. The van der Waals surface area contributed by atoms with E-state index in [9.17, 15) is 14.0 Å². The van der Waals surface area contributed by atoms with E-state index in [0.717, 1.165) is 0 Å². The van der Waals surface area contributed by atoms with Crippen molar-refractivity contribution in [1.29, 1.82) is 0 Å². The average molecular weight is 383 g/mol. The number of benzene rings is 2. The van der Waals surface area contributed by atoms with Crippen LogP contribution in [0.5, 0.6) is 0 Å². The number of aromatic nitrogens is 2. The molecule has 0 aliphatic carbocycles. The molecule has 2 aromatic carbocycles. The molecule has 0 unspecified atom stereocenters. The van der Waals surface area contributed by atoms with Crippen molar-refractivity contribution < 1.29 is 13.9 Å². The van der Waals surface area contributed by atoms with Crippen molar-refractivity contribution in [3.63, 3.8) is 0 Å². The number of anilines is 1. The number of hydrogen-bond acceptors (Lipinski definition) is 5. The van der Waals surface area contributed by atoms with Crippen LogP contribution in [0, 0.1) is 12.7 Å². The van der Waals surface area contributed by atoms with Crippen LogP contribution in [0.2, 0.25) is 0 Å². The molecule has 0 amide bonds. The van der Waals surface area contributed by atoms with Gasteiger partial charge in [0.2, 0.25) is 5.95 Å². The van der Waals surface area contributed by atoms with E-state index in [1.54, 1.807) is 25.1 Å². The van der Waals surface area contributed by atoms with Crippen molar-refractivity contribution in [3.05, 3.63) is 63.7 Å². The highest BCUT2D eigenvalue weighted by Gasteiger charge is 2.18. The summed E-state index contributed by atoms with van der Waals surface area (Å²) in [6, 6.07) is 9.27. The molecule has 7 heteroatoms. The fourth-order valence-electron chi connectivity index (χ4n) is 3.09. The van der Waals surface area contributed by atoms with Crippen molar-refractivity contribution in [1.82, 2.24) is 9.55 Å². The van der Waals surface area contributed by atoms with E-state index in [4.69, 9.17) is 4.74 Å². The second kappa shape index (κ2) is 7.80. The summed E-state index contributed by atoms with van der Waals surface area (Å²) >= 11 is 0. The van der Waals surface area contributed by atoms with E-state index in [-0.39, 0.29) is 5.56 Å². The zero-order valence-electron chi connectivity index (χ0n) is 16.3. The van der Waals surface area contributed by atoms with Crippen molar-refractivity contribution in [2.45, 2.75) is 20.8 Å². The lowest BCUT2D eigenvalue weighted by Gasteiger charge is -2.24. The number of esters is 1. The molecule has 1 heterocycles. The molecule has 0 radical (unpaired) electrons. The van der Waals surface area contributed by atoms with E-state index < -0.39 is 11.8 Å². The lowest BCUT2D eigenvalue weighted by atomic mass is 10.1. The minimum atomic E-state index is -0.502. The molecule has 3 rings (SSSR count). The fraction of sp³-hybridized carbons (Fsp3) is 0.286. The quantitative estimate of drug-likeness (QED) is 0.632. The first-order valence-electron chi connectivity index (χ1n) is 9.07. The molecule has 6 nitrogen and oxygen atoms in total. The van der Waals surface area contributed by atoms with Gasteiger partial charge in [-0.3, -0.25) is 4.79 Å². The maximum Gasteiger partial charge on any atom is 0.337 e. The summed E-state index contributed by atoms with van der Waals surface area (Å²) in [5.74, 6) is -0.498. The molecule has 0 bridgehead atoms. The van der Waals surface area contributed by atoms with E-state index in [1.165, 1.54) is 29.9 Å². The highest BCUT2D eigenvalue weighted by Crippen LogP contribution is 2.22. The third kappa shape index (κ3) is 3.35. The van der Waals surface area contributed by atoms with Crippen LogP contribution >= 0.6 is 0 Å². The lowest BCUT2D eigenvalue weighted by molar-refractivity contribution is 0.0601. The Morgan fingerprint density at radius 1 is 1.18 bits per heavy atom. The van der Waals surface area contributed by atoms with Crippen LogP contribution in [0.25, 0.3) is 16.6 Å². The Morgan fingerprint density at radius 2 is 1.89 bits per heavy atom. The normalized spacial score (nSPS) is 10.9. The fourth-order valence-corrected chi connectivity index (χ4v) is 3.09. The molecule has 0 spiro atoms. The summed E-state index contributed by atoms with van der Waals surface area (Å²) < 4.78 is 20.4. The molecule has 146 valence electrons. The number of rotatable bonds is 5. The highest BCUT2D eigenvalue weighted by molar-refractivity contribution is 5.94. The van der Waals surface area contributed by atoms with Crippen LogP contribution < -0.4 is 10.5 Å². The first-order chi connectivity index (χ1) is 13.4. The van der Waals surface area contributed by atoms with Gasteiger partial charge in [-0.15, -0.1) is 0 Å². The third-order valence-corrected chi connectivity index (χ3v) is 4.73. The summed E-state index contributed by atoms with van der Waals surface area (Å²) in [7, 11) is 1.30. The number of aryl methyl sites for hydroxylation is 1. The monoisotopic (exact) mass is 383 g/mol. The number of hydrogen-bond donors (Lipinski definition) is 0. The molecule has 0 aliphatic rings. The van der Waals surface area contributed by atoms with E-state index in [2.05, 4.69) is 4.98 Å². The van der Waals surface area contributed by atoms with Gasteiger partial charge < -0.3 is 9.64 Å². The predicted molar refractivity (Wildman–Crippen MR) is 107 cm³/mol. The van der Waals surface area contributed by atoms with Crippen LogP contribution in [0.15, 0.2) is 41.2 Å². The largest absolute Gasteiger partial charge is 0.465 e. The van der Waals surface area contributed by atoms with E-state index >= 15 is 0 Å². The number of methoxy groups -OCH3 is 1. The van der Waals surface area contributed by atoms with Gasteiger partial charge in [-0.25, -0.2) is 18.7 Å². The summed E-state index contributed by atoms with van der Waals surface area (Å²) in [5, 5.41) is 0.338. The zero-order chi connectivity index (χ0) is 20.4. The molecule has 0 aliphatic heterocycles. The molecule has 0 N–H and O–H groups in total. The van der Waals surface area contributed by atoms with Gasteiger partial charge in [-0.05, 0) is 56.7 Å². The first-order valence-corrected chi connectivity index (χ1v) is 9.07. The molecular weight excluding hydrogens is 361 g/mol. The number of carbonyl (C=O) groups excluding carboxylic acids is 1. The van der Waals surface area contributed by atoms with E-state index in [1.807, 2.05) is 18.7 Å². The molecule has 28 heavy (non-hydrogen) atoms. The van der Waals surface area contributed by atoms with Gasteiger partial charge in [0.15, 0.2) is 0 Å². The second-order valence-corrected chi connectivity index (χ2v) is 6.38. The van der Waals surface area contributed by atoms with Crippen LogP contribution in [-0.2, 0) is 4.74 Å². The Bertz CT molecular complexity index is 1100. The van der Waals surface area contributed by atoms with Crippen LogP contribution in [0.3, 0.4) is 0 Å². The highest BCUT2D eigenvalue weighted by atomic mass is 19.1. The van der Waals surface area contributed by atoms with Gasteiger partial charge in [0.1, 0.15) is 5.82 Å². The number of carbonyl (C=O) groups is 1. The molecular formula is C21H22FN3O3. The van der Waals surface area contributed by atoms with Gasteiger partial charge in [-0.2, -0.15) is 0 Å². The smallest absolute Gasteiger partial charge is 0.337 e. The maximum atomic E-state index is 14.2. The first kappa shape index (κ1) is 19.5. The maximum absolute atomic E-state index is 14.2. The zero-order valence-corrected chi connectivity index (χ0v) is 16.3. The number of ether oxygens (including phenoxy) is 1. The molecule has 0 fully saturated rings. The second-order valence-electron chi connectivity index (χ2n) is 6.38. The van der Waals surface area contributed by atoms with Gasteiger partial charge in [0.25, 0.3) is 5.56 Å². The summed E-state index contributed by atoms with van der Waals surface area (Å²) in [4.78, 5) is 31.7. The molecule has 0 atom stereocenters. The Kier molecular flexibility index (Phi) is 5.44. The van der Waals surface area contributed by atoms with Crippen molar-refractivity contribution in [2.24, 2.45) is 0 Å². The molecule has 0 saturated heterocycles. The summed E-state index contributed by atoms with van der Waals surface area (Å²) in [6.45, 7) is 6.79. The van der Waals surface area contributed by atoms with Gasteiger partial charge >= 0.3 is 5.97 Å². The van der Waals surface area contributed by atoms with Gasteiger partial charge in [0, 0.05) is 13.1 Å². The predicted octanol–water partition coefficient (Wildman–Crippen LogP) is 3.47. The molecule has 0 saturated carbocycles. The topological polar surface area (TPSA) is 64.4 Å². The van der Waals surface area contributed by atoms with Gasteiger partial charge in [0.05, 0.1) is 29.3 Å². The summed E-state index contributed by atoms with van der Waals surface area (Å²) in [6.07, 6.45) is 0. The Balaban J connectivity index is 2.36. The van der Waals surface area contributed by atoms with Gasteiger partial charge in [-0.1, -0.05) is 6.07 Å². The van der Waals surface area contributed by atoms with Crippen LogP contribution in [0.4, 0.5) is 10.3 Å².